The topological polar surface area (TPSA) is 71.6 Å². The van der Waals surface area contributed by atoms with Crippen LogP contribution in [0.15, 0.2) is 71.5 Å². The number of ether oxygens (including phenoxy) is 2. The van der Waals surface area contributed by atoms with Gasteiger partial charge < -0.3 is 19.4 Å². The molecular formula is C28H27ClN2O4. The summed E-state index contributed by atoms with van der Waals surface area (Å²) in [4.78, 5) is 31.2. The Labute approximate surface area is 209 Å². The molecule has 3 aromatic carbocycles. The maximum Gasteiger partial charge on any atom is 0.254 e. The minimum atomic E-state index is -0.234. The Balaban J connectivity index is 1.73. The Kier molecular flexibility index (Phi) is 7.42. The number of methoxy groups -OCH3 is 2. The van der Waals surface area contributed by atoms with E-state index in [0.717, 1.165) is 22.9 Å². The average Bonchev–Trinajstić information content (AvgIpc) is 2.88. The highest BCUT2D eigenvalue weighted by molar-refractivity contribution is 6.30. The van der Waals surface area contributed by atoms with Gasteiger partial charge in [-0.15, -0.1) is 0 Å². The number of rotatable bonds is 8. The molecule has 7 heteroatoms. The number of fused-ring (bicyclic) bond motifs is 1. The van der Waals surface area contributed by atoms with E-state index in [0.29, 0.717) is 34.2 Å². The number of hydrogen-bond acceptors (Lipinski definition) is 4. The molecule has 35 heavy (non-hydrogen) atoms. The van der Waals surface area contributed by atoms with Gasteiger partial charge in [-0.3, -0.25) is 9.59 Å². The first-order chi connectivity index (χ1) is 16.9. The van der Waals surface area contributed by atoms with Crippen molar-refractivity contribution in [2.45, 2.75) is 26.4 Å². The highest BCUT2D eigenvalue weighted by Gasteiger charge is 2.20. The minimum Gasteiger partial charge on any atom is -0.493 e. The third kappa shape index (κ3) is 5.49. The molecule has 4 rings (SSSR count). The summed E-state index contributed by atoms with van der Waals surface area (Å²) in [5.74, 6) is 0.758. The molecule has 0 atom stereocenters. The molecule has 1 amide bonds. The third-order valence-electron chi connectivity index (χ3n) is 5.96. The van der Waals surface area contributed by atoms with Crippen molar-refractivity contribution in [3.63, 3.8) is 0 Å². The van der Waals surface area contributed by atoms with Gasteiger partial charge in [0, 0.05) is 28.2 Å². The highest BCUT2D eigenvalue weighted by atomic mass is 35.5. The van der Waals surface area contributed by atoms with Gasteiger partial charge in [-0.05, 0) is 71.5 Å². The number of aryl methyl sites for hydroxylation is 1. The van der Waals surface area contributed by atoms with Crippen LogP contribution in [0.5, 0.6) is 11.5 Å². The maximum absolute atomic E-state index is 13.7. The molecule has 0 unspecified atom stereocenters. The van der Waals surface area contributed by atoms with Crippen LogP contribution in [-0.2, 0) is 19.5 Å². The van der Waals surface area contributed by atoms with E-state index in [9.17, 15) is 9.59 Å². The van der Waals surface area contributed by atoms with E-state index < -0.39 is 0 Å². The van der Waals surface area contributed by atoms with Gasteiger partial charge in [-0.25, -0.2) is 0 Å². The van der Waals surface area contributed by atoms with Crippen LogP contribution in [0.2, 0.25) is 5.02 Å². The molecule has 0 fully saturated rings. The van der Waals surface area contributed by atoms with Crippen molar-refractivity contribution >= 4 is 28.4 Å². The minimum absolute atomic E-state index is 0.136. The zero-order valence-electron chi connectivity index (χ0n) is 19.9. The van der Waals surface area contributed by atoms with Crippen LogP contribution in [0.25, 0.3) is 10.9 Å². The van der Waals surface area contributed by atoms with Gasteiger partial charge in [-0.2, -0.15) is 0 Å². The van der Waals surface area contributed by atoms with Gasteiger partial charge in [-0.1, -0.05) is 36.7 Å². The number of pyridine rings is 1. The molecule has 0 spiro atoms. The fourth-order valence-corrected chi connectivity index (χ4v) is 4.13. The summed E-state index contributed by atoms with van der Waals surface area (Å²) >= 11 is 6.05. The van der Waals surface area contributed by atoms with Crippen LogP contribution in [0.1, 0.15) is 34.0 Å². The first-order valence-electron chi connectivity index (χ1n) is 11.3. The molecule has 0 aliphatic rings. The zero-order chi connectivity index (χ0) is 24.9. The summed E-state index contributed by atoms with van der Waals surface area (Å²) in [6.07, 6.45) is 0.894. The van der Waals surface area contributed by atoms with Crippen LogP contribution in [-0.4, -0.2) is 30.0 Å². The van der Waals surface area contributed by atoms with Crippen LogP contribution in [0.4, 0.5) is 0 Å². The lowest BCUT2D eigenvalue weighted by Crippen LogP contribution is -2.32. The van der Waals surface area contributed by atoms with Crippen molar-refractivity contribution in [1.29, 1.82) is 0 Å². The Hall–Kier alpha value is -3.77. The number of halogens is 1. The van der Waals surface area contributed by atoms with Crippen LogP contribution in [0.3, 0.4) is 0 Å². The maximum atomic E-state index is 13.7. The summed E-state index contributed by atoms with van der Waals surface area (Å²) in [5.41, 5.74) is 3.56. The largest absolute Gasteiger partial charge is 0.493 e. The van der Waals surface area contributed by atoms with E-state index in [4.69, 9.17) is 21.1 Å². The van der Waals surface area contributed by atoms with Crippen molar-refractivity contribution < 1.29 is 14.3 Å². The smallest absolute Gasteiger partial charge is 0.254 e. The van der Waals surface area contributed by atoms with E-state index >= 15 is 0 Å². The lowest BCUT2D eigenvalue weighted by atomic mass is 10.1. The number of amides is 1. The van der Waals surface area contributed by atoms with Gasteiger partial charge in [0.05, 0.1) is 20.8 Å². The van der Waals surface area contributed by atoms with Crippen molar-refractivity contribution in [2.24, 2.45) is 0 Å². The lowest BCUT2D eigenvalue weighted by molar-refractivity contribution is 0.0729. The molecule has 0 saturated carbocycles. The van der Waals surface area contributed by atoms with Gasteiger partial charge >= 0.3 is 0 Å². The second-order valence-electron chi connectivity index (χ2n) is 8.26. The van der Waals surface area contributed by atoms with Crippen LogP contribution < -0.4 is 15.0 Å². The molecule has 180 valence electrons. The highest BCUT2D eigenvalue weighted by Crippen LogP contribution is 2.28. The number of aromatic amines is 1. The van der Waals surface area contributed by atoms with Crippen molar-refractivity contribution in [3.05, 3.63) is 104 Å². The molecule has 1 aromatic heterocycles. The first-order valence-corrected chi connectivity index (χ1v) is 11.7. The van der Waals surface area contributed by atoms with Gasteiger partial charge in [0.15, 0.2) is 11.5 Å². The predicted molar refractivity (Wildman–Crippen MR) is 139 cm³/mol. The predicted octanol–water partition coefficient (Wildman–Crippen LogP) is 5.60. The summed E-state index contributed by atoms with van der Waals surface area (Å²) in [6, 6.07) is 20.2. The summed E-state index contributed by atoms with van der Waals surface area (Å²) in [6.45, 7) is 2.53. The molecule has 6 nitrogen and oxygen atoms in total. The standard InChI is InChI=1S/C28H27ClN2O4/c1-4-18-7-11-24-21(13-18)14-22(27(32)30-24)17-31(16-19-5-9-23(29)10-6-19)28(33)20-8-12-25(34-2)26(15-20)35-3/h5-15H,4,16-17H2,1-3H3,(H,30,32). The van der Waals surface area contributed by atoms with Crippen molar-refractivity contribution in [1.82, 2.24) is 9.88 Å². The number of benzene rings is 3. The number of nitrogens with one attached hydrogen (secondary N) is 1. The van der Waals surface area contributed by atoms with E-state index in [-0.39, 0.29) is 18.0 Å². The Morgan fingerprint density at radius 2 is 1.60 bits per heavy atom. The molecule has 0 bridgehead atoms. The Morgan fingerprint density at radius 3 is 2.29 bits per heavy atom. The number of hydrogen-bond donors (Lipinski definition) is 1. The van der Waals surface area contributed by atoms with Crippen LogP contribution in [0, 0.1) is 0 Å². The molecule has 1 N–H and O–H groups in total. The van der Waals surface area contributed by atoms with Crippen LogP contribution >= 0.6 is 11.6 Å². The second-order valence-corrected chi connectivity index (χ2v) is 8.69. The molecule has 0 radical (unpaired) electrons. The normalized spacial score (nSPS) is 10.9. The number of nitrogens with zero attached hydrogens (tertiary/aromatic N) is 1. The van der Waals surface area contributed by atoms with Crippen molar-refractivity contribution in [3.8, 4) is 11.5 Å². The summed E-state index contributed by atoms with van der Waals surface area (Å²) in [7, 11) is 3.07. The van der Waals surface area contributed by atoms with E-state index in [2.05, 4.69) is 18.0 Å². The van der Waals surface area contributed by atoms with Gasteiger partial charge in [0.2, 0.25) is 0 Å². The van der Waals surface area contributed by atoms with E-state index in [1.165, 1.54) is 12.7 Å². The molecule has 0 aliphatic heterocycles. The average molecular weight is 491 g/mol. The third-order valence-corrected chi connectivity index (χ3v) is 6.21. The lowest BCUT2D eigenvalue weighted by Gasteiger charge is -2.23. The SMILES string of the molecule is CCc1ccc2[nH]c(=O)c(CN(Cc3ccc(Cl)cc3)C(=O)c3ccc(OC)c(OC)c3)cc2c1. The second kappa shape index (κ2) is 10.7. The molecule has 1 heterocycles. The quantitative estimate of drug-likeness (QED) is 0.349. The van der Waals surface area contributed by atoms with E-state index in [1.807, 2.05) is 30.3 Å². The van der Waals surface area contributed by atoms with Gasteiger partial charge in [0.25, 0.3) is 11.5 Å². The monoisotopic (exact) mass is 490 g/mol. The number of aromatic nitrogens is 1. The molecular weight excluding hydrogens is 464 g/mol. The molecule has 0 aliphatic carbocycles. The number of carbonyl (C=O) groups excluding carboxylic acids is 1. The fourth-order valence-electron chi connectivity index (χ4n) is 4.01. The Bertz CT molecular complexity index is 1410. The fraction of sp³-hybridized carbons (Fsp3) is 0.214. The van der Waals surface area contributed by atoms with E-state index in [1.54, 1.807) is 42.3 Å². The number of carbonyl (C=O) groups is 1. The zero-order valence-corrected chi connectivity index (χ0v) is 20.7. The first kappa shape index (κ1) is 24.4. The van der Waals surface area contributed by atoms with Crippen molar-refractivity contribution in [2.75, 3.05) is 14.2 Å². The summed E-state index contributed by atoms with van der Waals surface area (Å²) in [5, 5.41) is 1.55. The number of H-pyrrole nitrogens is 1. The molecule has 4 aromatic rings. The molecule has 0 saturated heterocycles. The van der Waals surface area contributed by atoms with Gasteiger partial charge in [0.1, 0.15) is 0 Å². The Morgan fingerprint density at radius 1 is 0.886 bits per heavy atom. The summed E-state index contributed by atoms with van der Waals surface area (Å²) < 4.78 is 10.7.